The first kappa shape index (κ1) is 24.4. The maximum absolute atomic E-state index is 11.4. The number of aliphatic hydroxyl groups excluding tert-OH is 1. The number of allylic oxidation sites excluding steroid dienone is 2. The van der Waals surface area contributed by atoms with Crippen molar-refractivity contribution < 1.29 is 48.3 Å². The van der Waals surface area contributed by atoms with Gasteiger partial charge in [0, 0.05) is 0 Å². The summed E-state index contributed by atoms with van der Waals surface area (Å²) in [5.74, 6) is -2.35. The Morgan fingerprint density at radius 3 is 2.17 bits per heavy atom. The van der Waals surface area contributed by atoms with Crippen molar-refractivity contribution in [3.63, 3.8) is 0 Å². The standard InChI is InChI=1S/C16H29NO5.Li/c1-4-5-6-7-8-9-10-17(11-12-18,13(2)15(19)20)14(3)16(21)22;/h5-6,13-14,18H,4,7-12H2,1-3H3,(H-,19,20,21,22);/q;+1/b6-5+;. The van der Waals surface area contributed by atoms with Crippen LogP contribution in [0.4, 0.5) is 0 Å². The van der Waals surface area contributed by atoms with E-state index >= 15 is 0 Å². The molecule has 128 valence electrons. The van der Waals surface area contributed by atoms with Crippen LogP contribution in [-0.4, -0.2) is 58.4 Å². The smallest absolute Gasteiger partial charge is 0.544 e. The number of carboxylic acids is 2. The molecule has 0 spiro atoms. The maximum atomic E-state index is 11.4. The van der Waals surface area contributed by atoms with Gasteiger partial charge in [-0.15, -0.1) is 0 Å². The second-order valence-electron chi connectivity index (χ2n) is 5.66. The summed E-state index contributed by atoms with van der Waals surface area (Å²) >= 11 is 0. The molecule has 0 aliphatic heterocycles. The molecule has 3 atom stereocenters. The van der Waals surface area contributed by atoms with E-state index in [0.717, 1.165) is 19.3 Å². The quantitative estimate of drug-likeness (QED) is 0.180. The fourth-order valence-electron chi connectivity index (χ4n) is 2.79. The van der Waals surface area contributed by atoms with E-state index in [-0.39, 0.29) is 36.5 Å². The van der Waals surface area contributed by atoms with Crippen LogP contribution >= 0.6 is 0 Å². The molecule has 0 aromatic heterocycles. The average Bonchev–Trinajstić information content (AvgIpc) is 2.47. The minimum absolute atomic E-state index is 0. The molecule has 0 rings (SSSR count). The monoisotopic (exact) mass is 322 g/mol. The molecule has 0 bridgehead atoms. The van der Waals surface area contributed by atoms with Crippen molar-refractivity contribution in [2.75, 3.05) is 19.7 Å². The van der Waals surface area contributed by atoms with E-state index < -0.39 is 24.0 Å². The molecule has 0 amide bonds. The molecule has 6 nitrogen and oxygen atoms in total. The number of unbranched alkanes of at least 4 members (excludes halogenated alkanes) is 2. The number of carboxylic acid groups (broad SMARTS) is 2. The summed E-state index contributed by atoms with van der Waals surface area (Å²) in [4.78, 5) is 22.7. The first-order chi connectivity index (χ1) is 10.3. The second-order valence-corrected chi connectivity index (χ2v) is 5.66. The predicted octanol–water partition coefficient (Wildman–Crippen LogP) is -2.45. The first-order valence-electron chi connectivity index (χ1n) is 7.89. The van der Waals surface area contributed by atoms with E-state index in [1.54, 1.807) is 0 Å². The minimum Gasteiger partial charge on any atom is -0.544 e. The Kier molecular flexibility index (Phi) is 13.4. The van der Waals surface area contributed by atoms with E-state index in [1.807, 2.05) is 0 Å². The van der Waals surface area contributed by atoms with Crippen LogP contribution in [0.2, 0.25) is 0 Å². The molecule has 0 aromatic carbocycles. The molecule has 0 aliphatic rings. The molecule has 0 aliphatic carbocycles. The number of rotatable bonds is 12. The normalized spacial score (nSPS) is 16.3. The van der Waals surface area contributed by atoms with Gasteiger partial charge in [0.15, 0.2) is 6.04 Å². The molecular weight excluding hydrogens is 293 g/mol. The van der Waals surface area contributed by atoms with Gasteiger partial charge in [0.1, 0.15) is 12.6 Å². The van der Waals surface area contributed by atoms with Crippen molar-refractivity contribution in [2.24, 2.45) is 0 Å². The van der Waals surface area contributed by atoms with E-state index in [2.05, 4.69) is 19.1 Å². The van der Waals surface area contributed by atoms with Gasteiger partial charge in [-0.3, -0.25) is 0 Å². The molecule has 0 heterocycles. The summed E-state index contributed by atoms with van der Waals surface area (Å²) in [5, 5.41) is 29.9. The van der Waals surface area contributed by atoms with Crippen LogP contribution in [0.1, 0.15) is 46.5 Å². The number of quaternary nitrogens is 1. The van der Waals surface area contributed by atoms with Crippen LogP contribution < -0.4 is 24.0 Å². The summed E-state index contributed by atoms with van der Waals surface area (Å²) in [7, 11) is 0. The number of carbonyl (C=O) groups excluding carboxylic acids is 1. The van der Waals surface area contributed by atoms with Gasteiger partial charge >= 0.3 is 24.8 Å². The fraction of sp³-hybridized carbons (Fsp3) is 0.750. The Hall–Kier alpha value is -0.803. The van der Waals surface area contributed by atoms with Gasteiger partial charge < -0.3 is 24.6 Å². The zero-order valence-corrected chi connectivity index (χ0v) is 14.8. The molecule has 23 heavy (non-hydrogen) atoms. The summed E-state index contributed by atoms with van der Waals surface area (Å²) in [5.41, 5.74) is 0. The van der Waals surface area contributed by atoms with Crippen LogP contribution in [0, 0.1) is 0 Å². The van der Waals surface area contributed by atoms with Crippen LogP contribution in [0.5, 0.6) is 0 Å². The summed E-state index contributed by atoms with van der Waals surface area (Å²) < 4.78 is -0.189. The molecule has 0 aromatic rings. The molecule has 0 saturated carbocycles. The Morgan fingerprint density at radius 1 is 1.13 bits per heavy atom. The number of aliphatic hydroxyl groups is 1. The van der Waals surface area contributed by atoms with Gasteiger partial charge in [-0.05, 0) is 39.5 Å². The Bertz CT molecular complexity index is 367. The van der Waals surface area contributed by atoms with E-state index in [1.165, 1.54) is 13.8 Å². The van der Waals surface area contributed by atoms with Crippen molar-refractivity contribution in [3.05, 3.63) is 12.2 Å². The maximum Gasteiger partial charge on any atom is 1.00 e. The number of nitrogens with zero attached hydrogens (tertiary/aromatic N) is 1. The number of aliphatic carboxylic acids is 2. The van der Waals surface area contributed by atoms with E-state index in [0.29, 0.717) is 13.0 Å². The van der Waals surface area contributed by atoms with E-state index in [9.17, 15) is 24.9 Å². The molecular formula is C16H29LiNO5+. The Balaban J connectivity index is 0. The van der Waals surface area contributed by atoms with Crippen molar-refractivity contribution >= 4 is 11.9 Å². The van der Waals surface area contributed by atoms with Crippen LogP contribution in [-0.2, 0) is 9.59 Å². The number of hydrogen-bond donors (Lipinski definition) is 2. The third kappa shape index (κ3) is 7.54. The number of carbonyl (C=O) groups is 2. The van der Waals surface area contributed by atoms with Crippen LogP contribution in [0.3, 0.4) is 0 Å². The molecule has 0 fully saturated rings. The van der Waals surface area contributed by atoms with Gasteiger partial charge in [0.05, 0.1) is 19.1 Å². The SMILES string of the molecule is CC/C=C/CCCC[N+](CCO)(C(C)C(=O)[O-])C(C)C(=O)O.[Li+]. The van der Waals surface area contributed by atoms with Gasteiger partial charge in [-0.25, -0.2) is 4.79 Å². The van der Waals surface area contributed by atoms with Crippen LogP contribution in [0.15, 0.2) is 12.2 Å². The van der Waals surface area contributed by atoms with Gasteiger partial charge in [0.2, 0.25) is 0 Å². The van der Waals surface area contributed by atoms with Gasteiger partial charge in [-0.2, -0.15) is 0 Å². The van der Waals surface area contributed by atoms with Crippen molar-refractivity contribution in [1.82, 2.24) is 0 Å². The van der Waals surface area contributed by atoms with Crippen molar-refractivity contribution in [1.29, 1.82) is 0 Å². The third-order valence-corrected chi connectivity index (χ3v) is 4.36. The molecule has 0 saturated heterocycles. The summed E-state index contributed by atoms with van der Waals surface area (Å²) in [6.45, 7) is 5.23. The molecule has 7 heteroatoms. The fourth-order valence-corrected chi connectivity index (χ4v) is 2.79. The van der Waals surface area contributed by atoms with Crippen LogP contribution in [0.25, 0.3) is 0 Å². The van der Waals surface area contributed by atoms with Gasteiger partial charge in [0.25, 0.3) is 0 Å². The average molecular weight is 322 g/mol. The largest absolute Gasteiger partial charge is 1.00 e. The molecule has 2 N–H and O–H groups in total. The first-order valence-corrected chi connectivity index (χ1v) is 7.89. The third-order valence-electron chi connectivity index (χ3n) is 4.36. The Labute approximate surface area is 150 Å². The Morgan fingerprint density at radius 2 is 1.74 bits per heavy atom. The molecule has 3 unspecified atom stereocenters. The zero-order chi connectivity index (χ0) is 17.2. The van der Waals surface area contributed by atoms with Gasteiger partial charge in [-0.1, -0.05) is 19.1 Å². The number of hydrogen-bond acceptors (Lipinski definition) is 4. The van der Waals surface area contributed by atoms with Crippen molar-refractivity contribution in [2.45, 2.75) is 58.5 Å². The van der Waals surface area contributed by atoms with Crippen molar-refractivity contribution in [3.8, 4) is 0 Å². The molecule has 0 radical (unpaired) electrons. The second kappa shape index (κ2) is 12.6. The topological polar surface area (TPSA) is 97.7 Å². The summed E-state index contributed by atoms with van der Waals surface area (Å²) in [6.07, 6.45) is 7.55. The minimum atomic E-state index is -1.28. The predicted molar refractivity (Wildman–Crippen MR) is 81.9 cm³/mol. The summed E-state index contributed by atoms with van der Waals surface area (Å²) in [6, 6.07) is -1.89. The zero-order valence-electron chi connectivity index (χ0n) is 14.8. The van der Waals surface area contributed by atoms with E-state index in [4.69, 9.17) is 0 Å².